The van der Waals surface area contributed by atoms with E-state index in [4.69, 9.17) is 18.9 Å². The fourth-order valence-electron chi connectivity index (χ4n) is 5.83. The Labute approximate surface area is 295 Å². The van der Waals surface area contributed by atoms with E-state index in [2.05, 4.69) is 10.3 Å². The van der Waals surface area contributed by atoms with Gasteiger partial charge in [0.2, 0.25) is 0 Å². The number of nitrogens with zero attached hydrogens (tertiary/aromatic N) is 2. The van der Waals surface area contributed by atoms with Gasteiger partial charge in [0, 0.05) is 11.8 Å². The lowest BCUT2D eigenvalue weighted by Gasteiger charge is -2.37. The molecule has 12 heteroatoms. The van der Waals surface area contributed by atoms with Crippen LogP contribution >= 0.6 is 22.6 Å². The van der Waals surface area contributed by atoms with Crippen molar-refractivity contribution in [2.45, 2.75) is 30.2 Å². The zero-order valence-corrected chi connectivity index (χ0v) is 28.7. The highest BCUT2D eigenvalue weighted by atomic mass is 127. The van der Waals surface area contributed by atoms with Crippen molar-refractivity contribution in [3.63, 3.8) is 0 Å². The molecular formula is C37H33FIN3O7. The predicted molar refractivity (Wildman–Crippen MR) is 189 cm³/mol. The highest BCUT2D eigenvalue weighted by Gasteiger charge is 2.48. The summed E-state index contributed by atoms with van der Waals surface area (Å²) in [5.41, 5.74) is 0.546. The molecule has 0 bridgehead atoms. The van der Waals surface area contributed by atoms with Crippen LogP contribution in [0, 0.1) is 3.57 Å². The number of aromatic nitrogens is 2. The second kappa shape index (κ2) is 14.9. The van der Waals surface area contributed by atoms with Crippen LogP contribution in [0.2, 0.25) is 0 Å². The number of amides is 1. The summed E-state index contributed by atoms with van der Waals surface area (Å²) in [5.74, 6) is 0.873. The number of hydrogen-bond donors (Lipinski definition) is 2. The number of nitrogens with one attached hydrogen (secondary N) is 1. The standard InChI is InChI=1S/C37H33FIN3O7/c1-46-27-17-13-25(14-18-27)37(24-11-7-4-8-12-24,26-15-19-28(47-2)20-16-26)48-22-30-32(43)31(38)35(49-30)42-21-29(39)33(41-36(42)45)40-34(44)23-9-5-3-6-10-23/h3-21,30-32,35,43H,22H2,1-2H3,(H,40,41,44,45)/t30-,31?,32?,35-/m1/s1. The molecule has 1 fully saturated rings. The van der Waals surface area contributed by atoms with E-state index < -0.39 is 41.8 Å². The average Bonchev–Trinajstić information content (AvgIpc) is 3.43. The summed E-state index contributed by atoms with van der Waals surface area (Å²) in [4.78, 5) is 29.8. The molecule has 1 aliphatic rings. The van der Waals surface area contributed by atoms with Crippen molar-refractivity contribution in [2.75, 3.05) is 26.1 Å². The van der Waals surface area contributed by atoms with Crippen molar-refractivity contribution in [3.05, 3.63) is 152 Å². The van der Waals surface area contributed by atoms with Crippen molar-refractivity contribution in [3.8, 4) is 11.5 Å². The number of methoxy groups -OCH3 is 2. The molecule has 1 aliphatic heterocycles. The highest BCUT2D eigenvalue weighted by Crippen LogP contribution is 2.43. The predicted octanol–water partition coefficient (Wildman–Crippen LogP) is 5.72. The van der Waals surface area contributed by atoms with Crippen LogP contribution in [0.5, 0.6) is 11.5 Å². The van der Waals surface area contributed by atoms with Crippen LogP contribution in [0.15, 0.2) is 120 Å². The van der Waals surface area contributed by atoms with E-state index in [-0.39, 0.29) is 12.4 Å². The monoisotopic (exact) mass is 777 g/mol. The van der Waals surface area contributed by atoms with Crippen molar-refractivity contribution >= 4 is 34.3 Å². The van der Waals surface area contributed by atoms with Gasteiger partial charge in [-0.15, -0.1) is 0 Å². The zero-order valence-electron chi connectivity index (χ0n) is 26.5. The molecule has 2 N–H and O–H groups in total. The Morgan fingerprint density at radius 1 is 0.898 bits per heavy atom. The number of aliphatic hydroxyl groups is 1. The van der Waals surface area contributed by atoms with E-state index in [1.54, 1.807) is 44.6 Å². The molecule has 5 aromatic rings. The van der Waals surface area contributed by atoms with Crippen LogP contribution in [0.1, 0.15) is 33.3 Å². The SMILES string of the molecule is COc1ccc(C(OC[C@H]2O[C@@H](n3cc(I)c(NC(=O)c4ccccc4)nc3=O)C(F)C2O)(c2ccccc2)c2ccc(OC)cc2)cc1. The Morgan fingerprint density at radius 3 is 1.98 bits per heavy atom. The second-order valence-corrected chi connectivity index (χ2v) is 12.4. The first-order chi connectivity index (χ1) is 23.7. The maximum absolute atomic E-state index is 15.8. The normalized spacial score (nSPS) is 19.0. The van der Waals surface area contributed by atoms with Crippen LogP contribution < -0.4 is 20.5 Å². The maximum Gasteiger partial charge on any atom is 0.351 e. The largest absolute Gasteiger partial charge is 0.497 e. The first-order valence-electron chi connectivity index (χ1n) is 15.4. The number of ether oxygens (including phenoxy) is 4. The van der Waals surface area contributed by atoms with Crippen molar-refractivity contribution in [1.82, 2.24) is 9.55 Å². The highest BCUT2D eigenvalue weighted by molar-refractivity contribution is 14.1. The Morgan fingerprint density at radius 2 is 1.43 bits per heavy atom. The number of aliphatic hydroxyl groups excluding tert-OH is 1. The summed E-state index contributed by atoms with van der Waals surface area (Å²) < 4.78 is 40.8. The number of alkyl halides is 1. The zero-order chi connectivity index (χ0) is 34.5. The Hall–Kier alpha value is -4.63. The fraction of sp³-hybridized carbons (Fsp3) is 0.216. The fourth-order valence-corrected chi connectivity index (χ4v) is 6.39. The molecule has 252 valence electrons. The minimum absolute atomic E-state index is 0.0242. The third-order valence-electron chi connectivity index (χ3n) is 8.38. The molecule has 10 nitrogen and oxygen atoms in total. The van der Waals surface area contributed by atoms with Crippen LogP contribution in [0.4, 0.5) is 10.2 Å². The van der Waals surface area contributed by atoms with E-state index in [1.165, 1.54) is 6.20 Å². The lowest BCUT2D eigenvalue weighted by molar-refractivity contribution is -0.0950. The Kier molecular flexibility index (Phi) is 10.4. The van der Waals surface area contributed by atoms with Crippen LogP contribution in [-0.4, -0.2) is 59.8 Å². The molecule has 0 spiro atoms. The average molecular weight is 778 g/mol. The van der Waals surface area contributed by atoms with E-state index in [9.17, 15) is 14.7 Å². The van der Waals surface area contributed by atoms with Crippen LogP contribution in [0.25, 0.3) is 0 Å². The topological polar surface area (TPSA) is 121 Å². The van der Waals surface area contributed by atoms with Gasteiger partial charge in [-0.05, 0) is 75.7 Å². The molecule has 6 rings (SSSR count). The first-order valence-corrected chi connectivity index (χ1v) is 16.4. The molecular weight excluding hydrogens is 744 g/mol. The van der Waals surface area contributed by atoms with Gasteiger partial charge in [-0.25, -0.2) is 9.18 Å². The molecule has 2 heterocycles. The van der Waals surface area contributed by atoms with Gasteiger partial charge in [0.1, 0.15) is 29.3 Å². The number of rotatable bonds is 11. The van der Waals surface area contributed by atoms with Gasteiger partial charge in [-0.1, -0.05) is 72.8 Å². The van der Waals surface area contributed by atoms with E-state index >= 15 is 4.39 Å². The summed E-state index contributed by atoms with van der Waals surface area (Å²) in [6.45, 7) is -0.254. The number of hydrogen-bond acceptors (Lipinski definition) is 8. The minimum atomic E-state index is -1.98. The van der Waals surface area contributed by atoms with Crippen molar-refractivity contribution < 1.29 is 33.2 Å². The lowest BCUT2D eigenvalue weighted by Crippen LogP contribution is -2.39. The smallest absolute Gasteiger partial charge is 0.351 e. The van der Waals surface area contributed by atoms with Gasteiger partial charge in [-0.2, -0.15) is 4.98 Å². The third-order valence-corrected chi connectivity index (χ3v) is 9.17. The summed E-state index contributed by atoms with van der Waals surface area (Å²) in [6, 6.07) is 32.8. The first kappa shape index (κ1) is 34.2. The molecule has 0 radical (unpaired) electrons. The van der Waals surface area contributed by atoms with Crippen LogP contribution in [-0.2, 0) is 15.1 Å². The molecule has 49 heavy (non-hydrogen) atoms. The maximum atomic E-state index is 15.8. The summed E-state index contributed by atoms with van der Waals surface area (Å²) >= 11 is 1.90. The van der Waals surface area contributed by atoms with Gasteiger partial charge in [0.05, 0.1) is 24.4 Å². The number of carbonyl (C=O) groups is 1. The van der Waals surface area contributed by atoms with E-state index in [1.807, 2.05) is 101 Å². The number of benzene rings is 4. The van der Waals surface area contributed by atoms with Gasteiger partial charge >= 0.3 is 5.69 Å². The number of halogens is 2. The van der Waals surface area contributed by atoms with Gasteiger partial charge < -0.3 is 29.4 Å². The molecule has 4 aromatic carbocycles. The molecule has 2 unspecified atom stereocenters. The summed E-state index contributed by atoms with van der Waals surface area (Å²) in [5, 5.41) is 13.7. The minimum Gasteiger partial charge on any atom is -0.497 e. The molecule has 1 amide bonds. The summed E-state index contributed by atoms with van der Waals surface area (Å²) in [7, 11) is 3.16. The molecule has 1 saturated heterocycles. The summed E-state index contributed by atoms with van der Waals surface area (Å²) in [6.07, 6.45) is -4.94. The molecule has 0 aliphatic carbocycles. The quantitative estimate of drug-likeness (QED) is 0.129. The second-order valence-electron chi connectivity index (χ2n) is 11.3. The molecule has 1 aromatic heterocycles. The Bertz CT molecular complexity index is 1900. The number of carbonyl (C=O) groups excluding carboxylic acids is 1. The number of anilines is 1. The molecule has 4 atom stereocenters. The van der Waals surface area contributed by atoms with Gasteiger partial charge in [-0.3, -0.25) is 9.36 Å². The lowest BCUT2D eigenvalue weighted by atomic mass is 9.80. The van der Waals surface area contributed by atoms with Gasteiger partial charge in [0.25, 0.3) is 5.91 Å². The third kappa shape index (κ3) is 6.95. The van der Waals surface area contributed by atoms with E-state index in [0.29, 0.717) is 20.6 Å². The van der Waals surface area contributed by atoms with Gasteiger partial charge in [0.15, 0.2) is 18.2 Å². The molecule has 0 saturated carbocycles. The van der Waals surface area contributed by atoms with Crippen LogP contribution in [0.3, 0.4) is 0 Å². The van der Waals surface area contributed by atoms with E-state index in [0.717, 1.165) is 21.3 Å². The van der Waals surface area contributed by atoms with Crippen molar-refractivity contribution in [1.29, 1.82) is 0 Å². The Balaban J connectivity index is 1.31. The van der Waals surface area contributed by atoms with Crippen molar-refractivity contribution in [2.24, 2.45) is 0 Å².